The summed E-state index contributed by atoms with van der Waals surface area (Å²) in [6.07, 6.45) is 2.09. The molecule has 0 bridgehead atoms. The first-order valence-electron chi connectivity index (χ1n) is 4.67. The molecule has 2 heteroatoms. The maximum absolute atomic E-state index is 5.54. The summed E-state index contributed by atoms with van der Waals surface area (Å²) < 4.78 is 5.54. The van der Waals surface area contributed by atoms with Crippen LogP contribution in [-0.2, 0) is 11.2 Å². The average Bonchev–Trinajstić information content (AvgIpc) is 2.21. The molecule has 1 aromatic carbocycles. The van der Waals surface area contributed by atoms with Gasteiger partial charge < -0.3 is 10.1 Å². The highest BCUT2D eigenvalue weighted by atomic mass is 16.5. The SMILES string of the molecule is c1ccc(C[C]2CNCCO2)cc1. The first-order valence-corrected chi connectivity index (χ1v) is 4.67. The Morgan fingerprint density at radius 1 is 1.23 bits per heavy atom. The molecule has 0 amide bonds. The van der Waals surface area contributed by atoms with Crippen LogP contribution in [0.3, 0.4) is 0 Å². The first kappa shape index (κ1) is 8.73. The Kier molecular flexibility index (Phi) is 2.95. The molecule has 2 rings (SSSR count). The zero-order valence-electron chi connectivity index (χ0n) is 7.62. The Labute approximate surface area is 78.9 Å². The van der Waals surface area contributed by atoms with E-state index in [0.717, 1.165) is 32.2 Å². The standard InChI is InChI=1S/C11H14NO/c1-2-4-10(5-3-1)8-11-9-12-6-7-13-11/h1-5,12H,6-9H2. The van der Waals surface area contributed by atoms with Crippen LogP contribution in [0.4, 0.5) is 0 Å². The average molecular weight is 176 g/mol. The van der Waals surface area contributed by atoms with Gasteiger partial charge >= 0.3 is 0 Å². The van der Waals surface area contributed by atoms with E-state index in [1.807, 2.05) is 6.07 Å². The highest BCUT2D eigenvalue weighted by Crippen LogP contribution is 2.12. The molecule has 69 valence electrons. The van der Waals surface area contributed by atoms with Crippen LogP contribution in [-0.4, -0.2) is 19.7 Å². The highest BCUT2D eigenvalue weighted by Gasteiger charge is 2.14. The lowest BCUT2D eigenvalue weighted by Crippen LogP contribution is -2.34. The van der Waals surface area contributed by atoms with Gasteiger partial charge in [-0.3, -0.25) is 0 Å². The summed E-state index contributed by atoms with van der Waals surface area (Å²) >= 11 is 0. The van der Waals surface area contributed by atoms with Crippen molar-refractivity contribution in [3.05, 3.63) is 42.0 Å². The first-order chi connectivity index (χ1) is 6.45. The van der Waals surface area contributed by atoms with Gasteiger partial charge in [0.25, 0.3) is 0 Å². The van der Waals surface area contributed by atoms with Crippen molar-refractivity contribution in [1.82, 2.24) is 5.32 Å². The van der Waals surface area contributed by atoms with Gasteiger partial charge in [-0.2, -0.15) is 0 Å². The highest BCUT2D eigenvalue weighted by molar-refractivity contribution is 5.18. The molecular weight excluding hydrogens is 162 g/mol. The van der Waals surface area contributed by atoms with Gasteiger partial charge in [0, 0.05) is 19.5 Å². The van der Waals surface area contributed by atoms with Gasteiger partial charge in [-0.1, -0.05) is 30.3 Å². The van der Waals surface area contributed by atoms with E-state index in [-0.39, 0.29) is 0 Å². The number of nitrogens with one attached hydrogen (secondary N) is 1. The smallest absolute Gasteiger partial charge is 0.115 e. The predicted molar refractivity (Wildman–Crippen MR) is 52.2 cm³/mol. The van der Waals surface area contributed by atoms with Crippen molar-refractivity contribution in [2.24, 2.45) is 0 Å². The quantitative estimate of drug-likeness (QED) is 0.735. The third-order valence-electron chi connectivity index (χ3n) is 2.15. The Morgan fingerprint density at radius 2 is 2.08 bits per heavy atom. The van der Waals surface area contributed by atoms with E-state index in [4.69, 9.17) is 4.74 Å². The predicted octanol–water partition coefficient (Wildman–Crippen LogP) is 1.38. The second-order valence-corrected chi connectivity index (χ2v) is 3.23. The molecular formula is C11H14NO. The minimum absolute atomic E-state index is 0.808. The second-order valence-electron chi connectivity index (χ2n) is 3.23. The van der Waals surface area contributed by atoms with Crippen molar-refractivity contribution in [3.8, 4) is 0 Å². The molecule has 1 aliphatic heterocycles. The van der Waals surface area contributed by atoms with E-state index in [0.29, 0.717) is 0 Å². The van der Waals surface area contributed by atoms with Gasteiger partial charge in [0.2, 0.25) is 0 Å². The lowest BCUT2D eigenvalue weighted by molar-refractivity contribution is 0.109. The number of hydrogen-bond acceptors (Lipinski definition) is 2. The van der Waals surface area contributed by atoms with Gasteiger partial charge in [0.1, 0.15) is 6.10 Å². The van der Waals surface area contributed by atoms with E-state index >= 15 is 0 Å². The Hall–Kier alpha value is -0.860. The zero-order chi connectivity index (χ0) is 8.93. The van der Waals surface area contributed by atoms with Gasteiger partial charge in [0.15, 0.2) is 0 Å². The summed E-state index contributed by atoms with van der Waals surface area (Å²) in [5.41, 5.74) is 1.32. The molecule has 2 nitrogen and oxygen atoms in total. The number of ether oxygens (including phenoxy) is 1. The molecule has 1 fully saturated rings. The summed E-state index contributed by atoms with van der Waals surface area (Å²) in [6, 6.07) is 10.4. The number of hydrogen-bond donors (Lipinski definition) is 1. The molecule has 0 unspecified atom stereocenters. The zero-order valence-corrected chi connectivity index (χ0v) is 7.62. The third-order valence-corrected chi connectivity index (χ3v) is 2.15. The number of benzene rings is 1. The molecule has 1 radical (unpaired) electrons. The van der Waals surface area contributed by atoms with Gasteiger partial charge in [-0.25, -0.2) is 0 Å². The van der Waals surface area contributed by atoms with E-state index in [2.05, 4.69) is 29.6 Å². The lowest BCUT2D eigenvalue weighted by Gasteiger charge is -2.22. The van der Waals surface area contributed by atoms with Gasteiger partial charge in [0.05, 0.1) is 6.61 Å². The van der Waals surface area contributed by atoms with E-state index in [9.17, 15) is 0 Å². The molecule has 1 saturated heterocycles. The van der Waals surface area contributed by atoms with Crippen molar-refractivity contribution in [2.45, 2.75) is 6.42 Å². The van der Waals surface area contributed by atoms with Crippen LogP contribution in [0.2, 0.25) is 0 Å². The molecule has 13 heavy (non-hydrogen) atoms. The third kappa shape index (κ3) is 2.54. The molecule has 1 aromatic rings. The van der Waals surface area contributed by atoms with E-state index in [1.165, 1.54) is 5.56 Å². The molecule has 1 heterocycles. The van der Waals surface area contributed by atoms with Crippen LogP contribution >= 0.6 is 0 Å². The molecule has 1 aliphatic rings. The summed E-state index contributed by atoms with van der Waals surface area (Å²) in [6.45, 7) is 2.68. The van der Waals surface area contributed by atoms with Crippen LogP contribution in [0.1, 0.15) is 5.56 Å². The fourth-order valence-electron chi connectivity index (χ4n) is 1.48. The van der Waals surface area contributed by atoms with E-state index < -0.39 is 0 Å². The second kappa shape index (κ2) is 4.40. The van der Waals surface area contributed by atoms with Gasteiger partial charge in [-0.05, 0) is 5.56 Å². The van der Waals surface area contributed by atoms with Crippen molar-refractivity contribution < 1.29 is 4.74 Å². The summed E-state index contributed by atoms with van der Waals surface area (Å²) in [5, 5.41) is 3.29. The summed E-state index contributed by atoms with van der Waals surface area (Å²) in [7, 11) is 0. The molecule has 0 aromatic heterocycles. The summed E-state index contributed by atoms with van der Waals surface area (Å²) in [5.74, 6) is 0. The van der Waals surface area contributed by atoms with Crippen LogP contribution in [0.5, 0.6) is 0 Å². The van der Waals surface area contributed by atoms with Crippen LogP contribution in [0.15, 0.2) is 30.3 Å². The Morgan fingerprint density at radius 3 is 2.77 bits per heavy atom. The minimum Gasteiger partial charge on any atom is -0.369 e. The normalized spacial score (nSPS) is 18.8. The van der Waals surface area contributed by atoms with Crippen molar-refractivity contribution >= 4 is 0 Å². The molecule has 0 aliphatic carbocycles. The largest absolute Gasteiger partial charge is 0.369 e. The maximum Gasteiger partial charge on any atom is 0.115 e. The Balaban J connectivity index is 1.90. The number of morpholine rings is 1. The van der Waals surface area contributed by atoms with Crippen molar-refractivity contribution in [2.75, 3.05) is 19.7 Å². The number of rotatable bonds is 2. The minimum atomic E-state index is 0.808. The van der Waals surface area contributed by atoms with Crippen molar-refractivity contribution in [1.29, 1.82) is 0 Å². The fourth-order valence-corrected chi connectivity index (χ4v) is 1.48. The fraction of sp³-hybridized carbons (Fsp3) is 0.364. The van der Waals surface area contributed by atoms with Crippen molar-refractivity contribution in [3.63, 3.8) is 0 Å². The van der Waals surface area contributed by atoms with Gasteiger partial charge in [-0.15, -0.1) is 0 Å². The summed E-state index contributed by atoms with van der Waals surface area (Å²) in [4.78, 5) is 0. The molecule has 0 spiro atoms. The maximum atomic E-state index is 5.54. The monoisotopic (exact) mass is 176 g/mol. The Bertz CT molecular complexity index is 242. The van der Waals surface area contributed by atoms with Crippen LogP contribution in [0.25, 0.3) is 0 Å². The van der Waals surface area contributed by atoms with E-state index in [1.54, 1.807) is 0 Å². The topological polar surface area (TPSA) is 21.3 Å². The van der Waals surface area contributed by atoms with Crippen LogP contribution in [0, 0.1) is 6.10 Å². The molecule has 0 atom stereocenters. The molecule has 1 N–H and O–H groups in total. The molecule has 0 saturated carbocycles. The van der Waals surface area contributed by atoms with Crippen LogP contribution < -0.4 is 5.32 Å². The lowest BCUT2D eigenvalue weighted by atomic mass is 10.1.